The lowest BCUT2D eigenvalue weighted by Gasteiger charge is -2.37. The highest BCUT2D eigenvalue weighted by atomic mass is 32.1. The van der Waals surface area contributed by atoms with Gasteiger partial charge in [-0.2, -0.15) is 0 Å². The Balaban J connectivity index is 1.19. The van der Waals surface area contributed by atoms with E-state index in [9.17, 15) is 14.4 Å². The lowest BCUT2D eigenvalue weighted by atomic mass is 9.91. The molecule has 2 atom stereocenters. The van der Waals surface area contributed by atoms with Crippen LogP contribution in [0, 0.1) is 5.92 Å². The molecule has 2 heterocycles. The number of hydrazine groups is 1. The second kappa shape index (κ2) is 12.3. The minimum absolute atomic E-state index is 0.0996. The average molecular weight is 596 g/mol. The molecule has 2 unspecified atom stereocenters. The lowest BCUT2D eigenvalue weighted by molar-refractivity contribution is -0.140. The summed E-state index contributed by atoms with van der Waals surface area (Å²) in [5.74, 6) is -1.15. The molecule has 6 rings (SSSR count). The zero-order valence-electron chi connectivity index (χ0n) is 24.0. The van der Waals surface area contributed by atoms with Crippen LogP contribution in [-0.4, -0.2) is 51.6 Å². The highest BCUT2D eigenvalue weighted by Gasteiger charge is 2.37. The molecule has 2 aliphatic carbocycles. The topological polar surface area (TPSA) is 114 Å². The normalized spacial score (nSPS) is 16.0. The molecular weight excluding hydrogens is 562 g/mol. The lowest BCUT2D eigenvalue weighted by Crippen LogP contribution is -2.60. The molecule has 0 radical (unpaired) electrons. The van der Waals surface area contributed by atoms with Crippen LogP contribution in [0.3, 0.4) is 0 Å². The SMILES string of the molecule is CC(C)C(NC(=O)OCC1c2ccccc2-c2ccccc21)C(=O)N(NC(=O)c1cccs1)C1CCc2ncncc2C1. The third kappa shape index (κ3) is 5.87. The number of hydrogen-bond donors (Lipinski definition) is 2. The summed E-state index contributed by atoms with van der Waals surface area (Å²) in [5.41, 5.74) is 9.22. The maximum atomic E-state index is 14.1. The van der Waals surface area contributed by atoms with Crippen molar-refractivity contribution in [3.05, 3.63) is 106 Å². The Hall–Kier alpha value is -4.57. The molecule has 0 saturated heterocycles. The molecule has 2 N–H and O–H groups in total. The van der Waals surface area contributed by atoms with E-state index in [4.69, 9.17) is 4.74 Å². The van der Waals surface area contributed by atoms with Gasteiger partial charge in [0.2, 0.25) is 0 Å². The quantitative estimate of drug-likeness (QED) is 0.287. The minimum atomic E-state index is -0.923. The van der Waals surface area contributed by atoms with Crippen LogP contribution in [0.2, 0.25) is 0 Å². The number of hydrogen-bond acceptors (Lipinski definition) is 7. The molecule has 10 heteroatoms. The first kappa shape index (κ1) is 28.5. The Bertz CT molecular complexity index is 1590. The number of nitrogens with zero attached hydrogens (tertiary/aromatic N) is 3. The van der Waals surface area contributed by atoms with E-state index < -0.39 is 18.0 Å². The smallest absolute Gasteiger partial charge is 0.407 e. The third-order valence-corrected chi connectivity index (χ3v) is 9.04. The van der Waals surface area contributed by atoms with Gasteiger partial charge in [-0.1, -0.05) is 68.4 Å². The number of carbonyl (C=O) groups excluding carboxylic acids is 3. The van der Waals surface area contributed by atoms with Crippen molar-refractivity contribution < 1.29 is 19.1 Å². The van der Waals surface area contributed by atoms with Crippen LogP contribution in [0.5, 0.6) is 0 Å². The number of aromatic nitrogens is 2. The maximum Gasteiger partial charge on any atom is 0.407 e. The molecular formula is C33H33N5O4S. The van der Waals surface area contributed by atoms with Gasteiger partial charge in [0.15, 0.2) is 0 Å². The van der Waals surface area contributed by atoms with E-state index in [1.807, 2.05) is 43.5 Å². The van der Waals surface area contributed by atoms with Gasteiger partial charge in [-0.25, -0.2) is 19.8 Å². The van der Waals surface area contributed by atoms with E-state index >= 15 is 0 Å². The maximum absolute atomic E-state index is 14.1. The molecule has 220 valence electrons. The molecule has 0 spiro atoms. The highest BCUT2D eigenvalue weighted by Crippen LogP contribution is 2.44. The molecule has 2 aromatic heterocycles. The highest BCUT2D eigenvalue weighted by molar-refractivity contribution is 7.12. The average Bonchev–Trinajstić information content (AvgIpc) is 3.68. The van der Waals surface area contributed by atoms with Crippen LogP contribution in [0.4, 0.5) is 4.79 Å². The molecule has 2 aromatic carbocycles. The summed E-state index contributed by atoms with van der Waals surface area (Å²) in [6.07, 6.45) is 4.34. The zero-order chi connectivity index (χ0) is 29.9. The van der Waals surface area contributed by atoms with E-state index in [-0.39, 0.29) is 30.4 Å². The fourth-order valence-electron chi connectivity index (χ4n) is 5.99. The van der Waals surface area contributed by atoms with Crippen molar-refractivity contribution in [2.45, 2.75) is 51.1 Å². The fraction of sp³-hybridized carbons (Fsp3) is 0.303. The Morgan fingerprint density at radius 2 is 1.74 bits per heavy atom. The van der Waals surface area contributed by atoms with Gasteiger partial charge in [-0.15, -0.1) is 11.3 Å². The van der Waals surface area contributed by atoms with Crippen molar-refractivity contribution >= 4 is 29.2 Å². The predicted octanol–water partition coefficient (Wildman–Crippen LogP) is 5.13. The van der Waals surface area contributed by atoms with Crippen LogP contribution < -0.4 is 10.7 Å². The van der Waals surface area contributed by atoms with Crippen LogP contribution >= 0.6 is 11.3 Å². The van der Waals surface area contributed by atoms with Gasteiger partial charge in [0.05, 0.1) is 10.9 Å². The summed E-state index contributed by atoms with van der Waals surface area (Å²) in [5, 5.41) is 6.01. The first-order valence-electron chi connectivity index (χ1n) is 14.5. The van der Waals surface area contributed by atoms with Gasteiger partial charge >= 0.3 is 6.09 Å². The summed E-state index contributed by atoms with van der Waals surface area (Å²) in [6, 6.07) is 18.5. The summed E-state index contributed by atoms with van der Waals surface area (Å²) in [7, 11) is 0. The van der Waals surface area contributed by atoms with E-state index in [2.05, 4.69) is 45.0 Å². The second-order valence-corrected chi connectivity index (χ2v) is 12.2. The van der Waals surface area contributed by atoms with Crippen LogP contribution in [-0.2, 0) is 22.4 Å². The number of fused-ring (bicyclic) bond motifs is 4. The molecule has 0 aliphatic heterocycles. The van der Waals surface area contributed by atoms with Crippen LogP contribution in [0.25, 0.3) is 11.1 Å². The van der Waals surface area contributed by atoms with Crippen molar-refractivity contribution in [2.75, 3.05) is 6.61 Å². The molecule has 43 heavy (non-hydrogen) atoms. The molecule has 2 aliphatic rings. The van der Waals surface area contributed by atoms with E-state index in [1.165, 1.54) is 22.7 Å². The number of alkyl carbamates (subject to hydrolysis) is 1. The molecule has 4 aromatic rings. The largest absolute Gasteiger partial charge is 0.449 e. The molecule has 3 amide bonds. The monoisotopic (exact) mass is 595 g/mol. The third-order valence-electron chi connectivity index (χ3n) is 8.17. The molecule has 0 saturated carbocycles. The van der Waals surface area contributed by atoms with Gasteiger partial charge in [0.1, 0.15) is 19.0 Å². The van der Waals surface area contributed by atoms with Gasteiger partial charge in [-0.05, 0) is 64.4 Å². The number of nitrogens with one attached hydrogen (secondary N) is 2. The van der Waals surface area contributed by atoms with E-state index in [0.29, 0.717) is 24.1 Å². The van der Waals surface area contributed by atoms with E-state index in [1.54, 1.807) is 18.3 Å². The summed E-state index contributed by atoms with van der Waals surface area (Å²) in [4.78, 5) is 49.5. The first-order valence-corrected chi connectivity index (χ1v) is 15.4. The predicted molar refractivity (Wildman–Crippen MR) is 163 cm³/mol. The van der Waals surface area contributed by atoms with E-state index in [0.717, 1.165) is 33.5 Å². The van der Waals surface area contributed by atoms with Crippen LogP contribution in [0.15, 0.2) is 78.6 Å². The Morgan fingerprint density at radius 3 is 2.42 bits per heavy atom. The Morgan fingerprint density at radius 1 is 1.02 bits per heavy atom. The molecule has 0 fully saturated rings. The fourth-order valence-corrected chi connectivity index (χ4v) is 6.60. The number of aryl methyl sites for hydroxylation is 1. The number of thiophene rings is 1. The van der Waals surface area contributed by atoms with Gasteiger partial charge in [0.25, 0.3) is 11.8 Å². The number of rotatable bonds is 7. The Kier molecular flexibility index (Phi) is 8.20. The zero-order valence-corrected chi connectivity index (χ0v) is 24.8. The van der Waals surface area contributed by atoms with Crippen LogP contribution in [0.1, 0.15) is 58.2 Å². The van der Waals surface area contributed by atoms with Gasteiger partial charge in [0, 0.05) is 17.8 Å². The van der Waals surface area contributed by atoms with Crippen molar-refractivity contribution in [3.63, 3.8) is 0 Å². The summed E-state index contributed by atoms with van der Waals surface area (Å²) >= 11 is 1.29. The standard InChI is InChI=1S/C33H33N5O4S/c1-20(2)30(36-33(41)42-18-27-25-10-5-3-8-23(25)24-9-4-6-11-26(24)27)32(40)38(37-31(39)29-12-7-15-43-29)22-13-14-28-21(16-22)17-34-19-35-28/h3-12,15,17,19-20,22,27,30H,13-14,16,18H2,1-2H3,(H,36,41)(H,37,39). The van der Waals surface area contributed by atoms with Crippen molar-refractivity contribution in [3.8, 4) is 11.1 Å². The number of amides is 3. The summed E-state index contributed by atoms with van der Waals surface area (Å²) < 4.78 is 5.76. The molecule has 9 nitrogen and oxygen atoms in total. The van der Waals surface area contributed by atoms with Crippen molar-refractivity contribution in [1.82, 2.24) is 25.7 Å². The number of carbonyl (C=O) groups is 3. The van der Waals surface area contributed by atoms with Crippen molar-refractivity contribution in [2.24, 2.45) is 5.92 Å². The number of ether oxygens (including phenoxy) is 1. The first-order chi connectivity index (χ1) is 20.9. The second-order valence-electron chi connectivity index (χ2n) is 11.2. The van der Waals surface area contributed by atoms with Gasteiger partial charge in [-0.3, -0.25) is 15.0 Å². The molecule has 0 bridgehead atoms. The minimum Gasteiger partial charge on any atom is -0.449 e. The number of benzene rings is 2. The summed E-state index contributed by atoms with van der Waals surface area (Å²) in [6.45, 7) is 3.85. The Labute approximate surface area is 254 Å². The van der Waals surface area contributed by atoms with Crippen molar-refractivity contribution in [1.29, 1.82) is 0 Å². The van der Waals surface area contributed by atoms with Gasteiger partial charge < -0.3 is 10.1 Å².